The first-order valence-electron chi connectivity index (χ1n) is 5.42. The first-order valence-corrected chi connectivity index (χ1v) is 5.42. The van der Waals surface area contributed by atoms with Crippen molar-refractivity contribution in [2.75, 3.05) is 6.54 Å². The van der Waals surface area contributed by atoms with Crippen molar-refractivity contribution in [3.8, 4) is 0 Å². The molecule has 0 saturated carbocycles. The number of nitrogens with one attached hydrogen (secondary N) is 1. The summed E-state index contributed by atoms with van der Waals surface area (Å²) in [6.45, 7) is 11.2. The molecule has 1 N–H and O–H groups in total. The van der Waals surface area contributed by atoms with Crippen molar-refractivity contribution in [3.05, 3.63) is 29.6 Å². The lowest BCUT2D eigenvalue weighted by Crippen LogP contribution is -2.21. The lowest BCUT2D eigenvalue weighted by molar-refractivity contribution is 0.545. The Morgan fingerprint density at radius 1 is 1.67 bits per heavy atom. The maximum Gasteiger partial charge on any atom is 0.0641 e. The molecule has 0 spiro atoms. The standard InChI is InChI=1S/C12H21N3/c1-6-13-12(7-9(2)3)11-8-15(5)14-10(11)4/h8,12-13H,2,6-7H2,1,3-5H3. The maximum absolute atomic E-state index is 4.37. The van der Waals surface area contributed by atoms with Gasteiger partial charge in [0, 0.05) is 24.8 Å². The predicted octanol–water partition coefficient (Wildman–Crippen LogP) is 2.35. The normalized spacial score (nSPS) is 12.8. The van der Waals surface area contributed by atoms with Gasteiger partial charge in [-0.05, 0) is 26.8 Å². The van der Waals surface area contributed by atoms with Crippen LogP contribution in [-0.2, 0) is 7.05 Å². The Bertz CT molecular complexity index is 339. The molecule has 84 valence electrons. The molecule has 15 heavy (non-hydrogen) atoms. The van der Waals surface area contributed by atoms with Gasteiger partial charge >= 0.3 is 0 Å². The van der Waals surface area contributed by atoms with Crippen LogP contribution in [0.2, 0.25) is 0 Å². The topological polar surface area (TPSA) is 29.9 Å². The van der Waals surface area contributed by atoms with E-state index in [1.165, 1.54) is 11.1 Å². The first-order chi connectivity index (χ1) is 7.04. The van der Waals surface area contributed by atoms with E-state index in [-0.39, 0.29) is 0 Å². The minimum atomic E-state index is 0.348. The van der Waals surface area contributed by atoms with Crippen molar-refractivity contribution in [1.29, 1.82) is 0 Å². The molecule has 0 radical (unpaired) electrons. The van der Waals surface area contributed by atoms with Gasteiger partial charge in [0.2, 0.25) is 0 Å². The van der Waals surface area contributed by atoms with Gasteiger partial charge in [0.1, 0.15) is 0 Å². The van der Waals surface area contributed by atoms with Gasteiger partial charge < -0.3 is 5.32 Å². The van der Waals surface area contributed by atoms with Crippen LogP contribution in [0.3, 0.4) is 0 Å². The number of nitrogens with zero attached hydrogens (tertiary/aromatic N) is 2. The van der Waals surface area contributed by atoms with E-state index < -0.39 is 0 Å². The first kappa shape index (κ1) is 12.0. The molecule has 0 fully saturated rings. The molecule has 0 saturated heterocycles. The van der Waals surface area contributed by atoms with E-state index in [9.17, 15) is 0 Å². The summed E-state index contributed by atoms with van der Waals surface area (Å²) in [5, 5.41) is 7.84. The van der Waals surface area contributed by atoms with Gasteiger partial charge in [0.15, 0.2) is 0 Å². The number of aryl methyl sites for hydroxylation is 2. The van der Waals surface area contributed by atoms with Crippen LogP contribution in [0.15, 0.2) is 18.3 Å². The summed E-state index contributed by atoms with van der Waals surface area (Å²) in [7, 11) is 1.96. The molecule has 1 atom stereocenters. The zero-order valence-corrected chi connectivity index (χ0v) is 10.2. The molecule has 3 nitrogen and oxygen atoms in total. The van der Waals surface area contributed by atoms with Crippen LogP contribution < -0.4 is 5.32 Å². The van der Waals surface area contributed by atoms with Gasteiger partial charge in [-0.25, -0.2) is 0 Å². The number of rotatable bonds is 5. The van der Waals surface area contributed by atoms with Crippen LogP contribution in [0.5, 0.6) is 0 Å². The third-order valence-electron chi connectivity index (χ3n) is 2.43. The zero-order valence-electron chi connectivity index (χ0n) is 10.2. The molecule has 0 amide bonds. The SMILES string of the molecule is C=C(C)CC(NCC)c1cn(C)nc1C. The molecule has 3 heteroatoms. The van der Waals surface area contributed by atoms with Crippen molar-refractivity contribution in [2.45, 2.75) is 33.2 Å². The van der Waals surface area contributed by atoms with E-state index in [0.717, 1.165) is 18.7 Å². The van der Waals surface area contributed by atoms with Crippen molar-refractivity contribution in [2.24, 2.45) is 7.05 Å². The number of aromatic nitrogens is 2. The monoisotopic (exact) mass is 207 g/mol. The summed E-state index contributed by atoms with van der Waals surface area (Å²) < 4.78 is 1.87. The molecular formula is C12H21N3. The van der Waals surface area contributed by atoms with Crippen molar-refractivity contribution in [3.63, 3.8) is 0 Å². The Labute approximate surface area is 92.2 Å². The minimum Gasteiger partial charge on any atom is -0.310 e. The second-order valence-electron chi connectivity index (χ2n) is 4.12. The quantitative estimate of drug-likeness (QED) is 0.751. The van der Waals surface area contributed by atoms with E-state index in [1.54, 1.807) is 0 Å². The Morgan fingerprint density at radius 2 is 2.33 bits per heavy atom. The van der Waals surface area contributed by atoms with E-state index in [0.29, 0.717) is 6.04 Å². The fourth-order valence-electron chi connectivity index (χ4n) is 1.85. The van der Waals surface area contributed by atoms with Crippen molar-refractivity contribution >= 4 is 0 Å². The highest BCUT2D eigenvalue weighted by atomic mass is 15.3. The van der Waals surface area contributed by atoms with Crippen LogP contribution in [0.25, 0.3) is 0 Å². The van der Waals surface area contributed by atoms with Crippen molar-refractivity contribution in [1.82, 2.24) is 15.1 Å². The predicted molar refractivity (Wildman–Crippen MR) is 63.8 cm³/mol. The van der Waals surface area contributed by atoms with Gasteiger partial charge in [0.25, 0.3) is 0 Å². The Morgan fingerprint density at radius 3 is 2.73 bits per heavy atom. The van der Waals surface area contributed by atoms with Gasteiger partial charge in [-0.3, -0.25) is 4.68 Å². The molecule has 0 aromatic carbocycles. The molecule has 1 aromatic heterocycles. The van der Waals surface area contributed by atoms with Crippen LogP contribution in [0, 0.1) is 6.92 Å². The summed E-state index contributed by atoms with van der Waals surface area (Å²) in [6, 6.07) is 0.348. The van der Waals surface area contributed by atoms with E-state index in [2.05, 4.69) is 44.0 Å². The highest BCUT2D eigenvalue weighted by molar-refractivity contribution is 5.21. The number of hydrogen-bond donors (Lipinski definition) is 1. The van der Waals surface area contributed by atoms with E-state index >= 15 is 0 Å². The summed E-state index contributed by atoms with van der Waals surface area (Å²) in [4.78, 5) is 0. The molecule has 0 aliphatic carbocycles. The molecule has 1 rings (SSSR count). The fourth-order valence-corrected chi connectivity index (χ4v) is 1.85. The Hall–Kier alpha value is -1.09. The van der Waals surface area contributed by atoms with Gasteiger partial charge in [0.05, 0.1) is 5.69 Å². The summed E-state index contributed by atoms with van der Waals surface area (Å²) in [5.41, 5.74) is 3.58. The van der Waals surface area contributed by atoms with Crippen molar-refractivity contribution < 1.29 is 0 Å². The van der Waals surface area contributed by atoms with Crippen LogP contribution in [0.4, 0.5) is 0 Å². The third-order valence-corrected chi connectivity index (χ3v) is 2.43. The number of hydrogen-bond acceptors (Lipinski definition) is 2. The summed E-state index contributed by atoms with van der Waals surface area (Å²) in [5.74, 6) is 0. The van der Waals surface area contributed by atoms with E-state index in [1.807, 2.05) is 11.7 Å². The largest absolute Gasteiger partial charge is 0.310 e. The second kappa shape index (κ2) is 5.12. The van der Waals surface area contributed by atoms with Gasteiger partial charge in [-0.15, -0.1) is 6.58 Å². The molecular weight excluding hydrogens is 186 g/mol. The minimum absolute atomic E-state index is 0.348. The molecule has 1 unspecified atom stereocenters. The molecule has 0 bridgehead atoms. The highest BCUT2D eigenvalue weighted by Gasteiger charge is 2.15. The van der Waals surface area contributed by atoms with Crippen LogP contribution >= 0.6 is 0 Å². The Balaban J connectivity index is 2.87. The van der Waals surface area contributed by atoms with Crippen LogP contribution in [-0.4, -0.2) is 16.3 Å². The van der Waals surface area contributed by atoms with Crippen LogP contribution in [0.1, 0.15) is 37.6 Å². The summed E-state index contributed by atoms with van der Waals surface area (Å²) in [6.07, 6.45) is 3.06. The third kappa shape index (κ3) is 3.20. The molecule has 0 aliphatic heterocycles. The average Bonchev–Trinajstić information content (AvgIpc) is 2.44. The Kier molecular flexibility index (Phi) is 4.09. The lowest BCUT2D eigenvalue weighted by atomic mass is 10.0. The average molecular weight is 207 g/mol. The fraction of sp³-hybridized carbons (Fsp3) is 0.583. The highest BCUT2D eigenvalue weighted by Crippen LogP contribution is 2.22. The van der Waals surface area contributed by atoms with E-state index in [4.69, 9.17) is 0 Å². The molecule has 0 aliphatic rings. The smallest absolute Gasteiger partial charge is 0.0641 e. The lowest BCUT2D eigenvalue weighted by Gasteiger charge is -2.17. The summed E-state index contributed by atoms with van der Waals surface area (Å²) >= 11 is 0. The molecule has 1 heterocycles. The molecule has 1 aromatic rings. The van der Waals surface area contributed by atoms with Gasteiger partial charge in [-0.2, -0.15) is 5.10 Å². The second-order valence-corrected chi connectivity index (χ2v) is 4.12. The maximum atomic E-state index is 4.37. The zero-order chi connectivity index (χ0) is 11.4. The van der Waals surface area contributed by atoms with Gasteiger partial charge in [-0.1, -0.05) is 12.5 Å².